The summed E-state index contributed by atoms with van der Waals surface area (Å²) in [4.78, 5) is 20.1. The quantitative estimate of drug-likeness (QED) is 0.789. The van der Waals surface area contributed by atoms with E-state index in [2.05, 4.69) is 15.3 Å². The molecule has 0 aliphatic heterocycles. The molecule has 3 rings (SSSR count). The number of aromatic nitrogens is 3. The van der Waals surface area contributed by atoms with Gasteiger partial charge in [0.2, 0.25) is 0 Å². The average molecular weight is 291 g/mol. The lowest BCUT2D eigenvalue weighted by Crippen LogP contribution is -2.13. The van der Waals surface area contributed by atoms with Gasteiger partial charge in [-0.1, -0.05) is 11.6 Å². The number of hydrogen-bond donors (Lipinski definition) is 1. The zero-order chi connectivity index (χ0) is 14.1. The van der Waals surface area contributed by atoms with E-state index in [1.165, 1.54) is 35.1 Å². The van der Waals surface area contributed by atoms with Crippen molar-refractivity contribution in [2.75, 3.05) is 5.32 Å². The van der Waals surface area contributed by atoms with Crippen molar-refractivity contribution in [2.45, 2.75) is 0 Å². The fourth-order valence-electron chi connectivity index (χ4n) is 1.70. The van der Waals surface area contributed by atoms with Gasteiger partial charge in [-0.15, -0.1) is 0 Å². The summed E-state index contributed by atoms with van der Waals surface area (Å²) in [5.41, 5.74) is 0.660. The highest BCUT2D eigenvalue weighted by molar-refractivity contribution is 6.30. The number of amides is 1. The third kappa shape index (κ3) is 2.46. The van der Waals surface area contributed by atoms with E-state index >= 15 is 0 Å². The molecule has 0 fully saturated rings. The molecule has 5 nitrogen and oxygen atoms in total. The predicted octanol–water partition coefficient (Wildman–Crippen LogP) is 2.77. The van der Waals surface area contributed by atoms with Crippen LogP contribution in [0.3, 0.4) is 0 Å². The molecule has 0 aromatic carbocycles. The van der Waals surface area contributed by atoms with Crippen LogP contribution in [0, 0.1) is 5.82 Å². The number of nitrogens with one attached hydrogen (secondary N) is 1. The van der Waals surface area contributed by atoms with Gasteiger partial charge in [0, 0.05) is 18.6 Å². The van der Waals surface area contributed by atoms with Crippen LogP contribution in [0.4, 0.5) is 10.2 Å². The Kier molecular flexibility index (Phi) is 3.08. The van der Waals surface area contributed by atoms with E-state index in [1.807, 2.05) is 0 Å². The van der Waals surface area contributed by atoms with E-state index in [4.69, 9.17) is 11.6 Å². The van der Waals surface area contributed by atoms with E-state index in [-0.39, 0.29) is 5.69 Å². The van der Waals surface area contributed by atoms with Gasteiger partial charge in [-0.05, 0) is 24.3 Å². The lowest BCUT2D eigenvalue weighted by atomic mass is 10.4. The van der Waals surface area contributed by atoms with Crippen molar-refractivity contribution in [2.24, 2.45) is 0 Å². The van der Waals surface area contributed by atoms with Crippen LogP contribution in [-0.2, 0) is 0 Å². The molecular formula is C13H8ClFN4O. The second-order valence-electron chi connectivity index (χ2n) is 4.05. The maximum atomic E-state index is 13.1. The van der Waals surface area contributed by atoms with E-state index in [0.29, 0.717) is 16.5 Å². The number of anilines is 1. The SMILES string of the molecule is O=C(Nc1ccc(Cl)cn1)c1cn2cc(F)ccc2n1. The van der Waals surface area contributed by atoms with E-state index in [1.54, 1.807) is 12.1 Å². The first-order valence-electron chi connectivity index (χ1n) is 5.69. The Balaban J connectivity index is 1.86. The Morgan fingerprint density at radius 3 is 2.85 bits per heavy atom. The third-order valence-electron chi connectivity index (χ3n) is 2.62. The van der Waals surface area contributed by atoms with Gasteiger partial charge in [0.15, 0.2) is 0 Å². The maximum absolute atomic E-state index is 13.1. The monoisotopic (exact) mass is 290 g/mol. The Morgan fingerprint density at radius 1 is 1.25 bits per heavy atom. The van der Waals surface area contributed by atoms with Crippen LogP contribution in [0.2, 0.25) is 5.02 Å². The second-order valence-corrected chi connectivity index (χ2v) is 4.49. The molecule has 1 amide bonds. The van der Waals surface area contributed by atoms with E-state index in [0.717, 1.165) is 0 Å². The first-order valence-corrected chi connectivity index (χ1v) is 6.07. The van der Waals surface area contributed by atoms with Crippen LogP contribution < -0.4 is 5.32 Å². The number of imidazole rings is 1. The number of halogens is 2. The lowest BCUT2D eigenvalue weighted by Gasteiger charge is -2.01. The fourth-order valence-corrected chi connectivity index (χ4v) is 1.82. The summed E-state index contributed by atoms with van der Waals surface area (Å²) in [7, 11) is 0. The molecule has 0 radical (unpaired) electrons. The molecule has 0 bridgehead atoms. The van der Waals surface area contributed by atoms with Crippen LogP contribution in [0.5, 0.6) is 0 Å². The molecule has 7 heteroatoms. The molecule has 0 aliphatic carbocycles. The minimum atomic E-state index is -0.427. The van der Waals surface area contributed by atoms with Crippen molar-refractivity contribution in [1.82, 2.24) is 14.4 Å². The normalized spacial score (nSPS) is 10.7. The van der Waals surface area contributed by atoms with Gasteiger partial charge in [0.25, 0.3) is 5.91 Å². The van der Waals surface area contributed by atoms with Crippen molar-refractivity contribution in [3.05, 3.63) is 59.4 Å². The third-order valence-corrected chi connectivity index (χ3v) is 2.84. The number of rotatable bonds is 2. The number of nitrogens with zero attached hydrogens (tertiary/aromatic N) is 3. The van der Waals surface area contributed by atoms with Crippen LogP contribution in [-0.4, -0.2) is 20.3 Å². The number of carbonyl (C=O) groups excluding carboxylic acids is 1. The van der Waals surface area contributed by atoms with Gasteiger partial charge >= 0.3 is 0 Å². The zero-order valence-electron chi connectivity index (χ0n) is 10.0. The summed E-state index contributed by atoms with van der Waals surface area (Å²) >= 11 is 5.71. The highest BCUT2D eigenvalue weighted by atomic mass is 35.5. The standard InChI is InChI=1S/C13H8ClFN4O/c14-8-1-3-11(16-5-8)18-13(20)10-7-19-6-9(15)2-4-12(19)17-10/h1-7H,(H,16,18,20). The molecule has 0 saturated carbocycles. The summed E-state index contributed by atoms with van der Waals surface area (Å²) < 4.78 is 14.5. The van der Waals surface area contributed by atoms with Gasteiger partial charge in [0.1, 0.15) is 23.0 Å². The summed E-state index contributed by atoms with van der Waals surface area (Å²) in [5, 5.41) is 3.06. The highest BCUT2D eigenvalue weighted by Crippen LogP contribution is 2.12. The lowest BCUT2D eigenvalue weighted by molar-refractivity contribution is 0.102. The molecule has 20 heavy (non-hydrogen) atoms. The fraction of sp³-hybridized carbons (Fsp3) is 0. The molecule has 100 valence electrons. The predicted molar refractivity (Wildman–Crippen MR) is 72.4 cm³/mol. The van der Waals surface area contributed by atoms with Gasteiger partial charge in [-0.3, -0.25) is 4.79 Å². The molecule has 3 aromatic heterocycles. The van der Waals surface area contributed by atoms with Crippen molar-refractivity contribution in [1.29, 1.82) is 0 Å². The van der Waals surface area contributed by atoms with Crippen LogP contribution >= 0.6 is 11.6 Å². The minimum Gasteiger partial charge on any atom is -0.305 e. The summed E-state index contributed by atoms with van der Waals surface area (Å²) in [6.45, 7) is 0. The molecule has 3 aromatic rings. The van der Waals surface area contributed by atoms with Crippen LogP contribution in [0.15, 0.2) is 42.9 Å². The largest absolute Gasteiger partial charge is 0.305 e. The molecule has 0 unspecified atom stereocenters. The molecule has 1 N–H and O–H groups in total. The van der Waals surface area contributed by atoms with Crippen LogP contribution in [0.1, 0.15) is 10.5 Å². The number of pyridine rings is 2. The molecule has 3 heterocycles. The molecule has 0 spiro atoms. The summed E-state index contributed by atoms with van der Waals surface area (Å²) in [6.07, 6.45) is 4.12. The molecular weight excluding hydrogens is 283 g/mol. The van der Waals surface area contributed by atoms with E-state index in [9.17, 15) is 9.18 Å². The highest BCUT2D eigenvalue weighted by Gasteiger charge is 2.11. The second kappa shape index (κ2) is 4.90. The Labute approximate surface area is 118 Å². The zero-order valence-corrected chi connectivity index (χ0v) is 10.8. The molecule has 0 saturated heterocycles. The summed E-state index contributed by atoms with van der Waals surface area (Å²) in [6, 6.07) is 5.97. The van der Waals surface area contributed by atoms with Gasteiger partial charge < -0.3 is 9.72 Å². The topological polar surface area (TPSA) is 59.3 Å². The average Bonchev–Trinajstić information content (AvgIpc) is 2.84. The van der Waals surface area contributed by atoms with Crippen molar-refractivity contribution < 1.29 is 9.18 Å². The first-order chi connectivity index (χ1) is 9.61. The molecule has 0 aliphatic rings. The molecule has 0 atom stereocenters. The number of fused-ring (bicyclic) bond motifs is 1. The Hall–Kier alpha value is -2.47. The first kappa shape index (κ1) is 12.6. The maximum Gasteiger partial charge on any atom is 0.277 e. The van der Waals surface area contributed by atoms with Crippen molar-refractivity contribution in [3.63, 3.8) is 0 Å². The summed E-state index contributed by atoms with van der Waals surface area (Å²) in [5.74, 6) is -0.465. The Morgan fingerprint density at radius 2 is 2.10 bits per heavy atom. The van der Waals surface area contributed by atoms with Gasteiger partial charge in [-0.2, -0.15) is 0 Å². The van der Waals surface area contributed by atoms with Crippen LogP contribution in [0.25, 0.3) is 5.65 Å². The minimum absolute atomic E-state index is 0.173. The van der Waals surface area contributed by atoms with Crippen molar-refractivity contribution >= 4 is 29.0 Å². The smallest absolute Gasteiger partial charge is 0.277 e. The van der Waals surface area contributed by atoms with Gasteiger partial charge in [-0.25, -0.2) is 14.4 Å². The Bertz CT molecular complexity index is 785. The van der Waals surface area contributed by atoms with Gasteiger partial charge in [0.05, 0.1) is 5.02 Å². The number of carbonyl (C=O) groups is 1. The van der Waals surface area contributed by atoms with E-state index < -0.39 is 11.7 Å². The van der Waals surface area contributed by atoms with Crippen molar-refractivity contribution in [3.8, 4) is 0 Å². The number of hydrogen-bond acceptors (Lipinski definition) is 3.